The summed E-state index contributed by atoms with van der Waals surface area (Å²) in [4.78, 5) is 13.8. The first-order valence-electron chi connectivity index (χ1n) is 8.18. The van der Waals surface area contributed by atoms with Gasteiger partial charge in [-0.25, -0.2) is 4.79 Å². The molecule has 0 aromatic carbocycles. The van der Waals surface area contributed by atoms with Crippen molar-refractivity contribution < 1.29 is 14.3 Å². The maximum atomic E-state index is 12.0. The minimum atomic E-state index is -0.407. The van der Waals surface area contributed by atoms with Gasteiger partial charge in [0.2, 0.25) is 0 Å². The summed E-state index contributed by atoms with van der Waals surface area (Å²) in [7, 11) is 0. The van der Waals surface area contributed by atoms with Gasteiger partial charge in [0.1, 0.15) is 5.60 Å². The molecule has 1 amide bonds. The molecular weight excluding hydrogens is 268 g/mol. The number of piperidine rings is 1. The lowest BCUT2D eigenvalue weighted by Crippen LogP contribution is -2.43. The molecule has 1 aliphatic rings. The van der Waals surface area contributed by atoms with Crippen LogP contribution in [0.2, 0.25) is 0 Å². The summed E-state index contributed by atoms with van der Waals surface area (Å²) in [5.41, 5.74) is -0.407. The van der Waals surface area contributed by atoms with E-state index in [1.807, 2.05) is 32.6 Å². The van der Waals surface area contributed by atoms with Crippen LogP contribution in [0.3, 0.4) is 0 Å². The Morgan fingerprint density at radius 3 is 2.52 bits per heavy atom. The van der Waals surface area contributed by atoms with Gasteiger partial charge < -0.3 is 19.7 Å². The molecule has 0 aromatic heterocycles. The van der Waals surface area contributed by atoms with E-state index in [0.29, 0.717) is 5.92 Å². The molecule has 1 fully saturated rings. The molecule has 0 aromatic rings. The molecule has 0 radical (unpaired) electrons. The van der Waals surface area contributed by atoms with Crippen LogP contribution in [0.1, 0.15) is 47.0 Å². The summed E-state index contributed by atoms with van der Waals surface area (Å²) < 4.78 is 10.7. The Kier molecular flexibility index (Phi) is 8.04. The fourth-order valence-electron chi connectivity index (χ4n) is 2.40. The molecule has 5 heteroatoms. The van der Waals surface area contributed by atoms with E-state index >= 15 is 0 Å². The normalized spacial score (nSPS) is 17.0. The van der Waals surface area contributed by atoms with Crippen LogP contribution in [-0.4, -0.2) is 56.0 Å². The topological polar surface area (TPSA) is 50.8 Å². The Hall–Kier alpha value is -0.810. The predicted octanol–water partition coefficient (Wildman–Crippen LogP) is 2.65. The Morgan fingerprint density at radius 1 is 1.29 bits per heavy atom. The van der Waals surface area contributed by atoms with Gasteiger partial charge in [0, 0.05) is 26.3 Å². The van der Waals surface area contributed by atoms with Gasteiger partial charge in [-0.3, -0.25) is 0 Å². The summed E-state index contributed by atoms with van der Waals surface area (Å²) in [6.45, 7) is 13.0. The quantitative estimate of drug-likeness (QED) is 0.734. The fourth-order valence-corrected chi connectivity index (χ4v) is 2.40. The maximum absolute atomic E-state index is 12.0. The highest BCUT2D eigenvalue weighted by atomic mass is 16.6. The van der Waals surface area contributed by atoms with Crippen molar-refractivity contribution in [1.29, 1.82) is 0 Å². The van der Waals surface area contributed by atoms with Crippen LogP contribution in [0, 0.1) is 5.92 Å². The molecule has 1 saturated heterocycles. The van der Waals surface area contributed by atoms with Crippen LogP contribution in [0.4, 0.5) is 4.79 Å². The van der Waals surface area contributed by atoms with Gasteiger partial charge in [-0.1, -0.05) is 0 Å². The smallest absolute Gasteiger partial charge is 0.410 e. The molecule has 0 bridgehead atoms. The van der Waals surface area contributed by atoms with E-state index < -0.39 is 5.60 Å². The van der Waals surface area contributed by atoms with Crippen molar-refractivity contribution in [3.8, 4) is 0 Å². The first-order chi connectivity index (χ1) is 9.92. The Morgan fingerprint density at radius 2 is 1.95 bits per heavy atom. The molecule has 1 rings (SSSR count). The molecule has 0 unspecified atom stereocenters. The van der Waals surface area contributed by atoms with E-state index in [4.69, 9.17) is 9.47 Å². The zero-order valence-corrected chi connectivity index (χ0v) is 14.1. The SMILES string of the molecule is CCOCCCNCC1CCN(C(=O)OC(C)(C)C)CC1. The van der Waals surface area contributed by atoms with Crippen molar-refractivity contribution in [2.45, 2.75) is 52.6 Å². The second-order valence-electron chi connectivity index (χ2n) is 6.67. The summed E-state index contributed by atoms with van der Waals surface area (Å²) in [5.74, 6) is 0.663. The number of ether oxygens (including phenoxy) is 2. The third-order valence-corrected chi connectivity index (χ3v) is 3.55. The monoisotopic (exact) mass is 300 g/mol. The van der Waals surface area contributed by atoms with Gasteiger partial charge in [-0.05, 0) is 66.0 Å². The van der Waals surface area contributed by atoms with E-state index in [1.165, 1.54) is 0 Å². The van der Waals surface area contributed by atoms with Crippen LogP contribution in [0.5, 0.6) is 0 Å². The number of rotatable bonds is 7. The van der Waals surface area contributed by atoms with Crippen LogP contribution in [-0.2, 0) is 9.47 Å². The molecular formula is C16H32N2O3. The minimum Gasteiger partial charge on any atom is -0.444 e. The number of hydrogen-bond acceptors (Lipinski definition) is 4. The first kappa shape index (κ1) is 18.2. The largest absolute Gasteiger partial charge is 0.444 e. The first-order valence-corrected chi connectivity index (χ1v) is 8.18. The van der Waals surface area contributed by atoms with Crippen LogP contribution >= 0.6 is 0 Å². The number of nitrogens with one attached hydrogen (secondary N) is 1. The van der Waals surface area contributed by atoms with Crippen LogP contribution in [0.15, 0.2) is 0 Å². The summed E-state index contributed by atoms with van der Waals surface area (Å²) in [5, 5.41) is 3.48. The number of amides is 1. The molecule has 5 nitrogen and oxygen atoms in total. The van der Waals surface area contributed by atoms with Gasteiger partial charge in [0.05, 0.1) is 0 Å². The molecule has 1 N–H and O–H groups in total. The zero-order valence-electron chi connectivity index (χ0n) is 14.1. The molecule has 0 spiro atoms. The zero-order chi connectivity index (χ0) is 15.7. The van der Waals surface area contributed by atoms with Crippen molar-refractivity contribution in [2.24, 2.45) is 5.92 Å². The third-order valence-electron chi connectivity index (χ3n) is 3.55. The maximum Gasteiger partial charge on any atom is 0.410 e. The van der Waals surface area contributed by atoms with Gasteiger partial charge >= 0.3 is 6.09 Å². The second kappa shape index (κ2) is 9.26. The highest BCUT2D eigenvalue weighted by Crippen LogP contribution is 2.19. The number of carbonyl (C=O) groups is 1. The third kappa shape index (κ3) is 8.27. The molecule has 1 aliphatic heterocycles. The van der Waals surface area contributed by atoms with Crippen molar-refractivity contribution >= 4 is 6.09 Å². The average molecular weight is 300 g/mol. The lowest BCUT2D eigenvalue weighted by Gasteiger charge is -2.33. The Balaban J connectivity index is 2.10. The van der Waals surface area contributed by atoms with E-state index in [-0.39, 0.29) is 6.09 Å². The summed E-state index contributed by atoms with van der Waals surface area (Å²) >= 11 is 0. The second-order valence-corrected chi connectivity index (χ2v) is 6.67. The van der Waals surface area contributed by atoms with Crippen molar-refractivity contribution in [1.82, 2.24) is 10.2 Å². The van der Waals surface area contributed by atoms with E-state index in [2.05, 4.69) is 5.32 Å². The van der Waals surface area contributed by atoms with Gasteiger partial charge in [0.15, 0.2) is 0 Å². The molecule has 1 heterocycles. The molecule has 0 aliphatic carbocycles. The highest BCUT2D eigenvalue weighted by molar-refractivity contribution is 5.68. The minimum absolute atomic E-state index is 0.175. The van der Waals surface area contributed by atoms with Crippen LogP contribution in [0.25, 0.3) is 0 Å². The molecule has 0 atom stereocenters. The molecule has 0 saturated carbocycles. The van der Waals surface area contributed by atoms with Crippen molar-refractivity contribution in [2.75, 3.05) is 39.4 Å². The van der Waals surface area contributed by atoms with Crippen molar-refractivity contribution in [3.63, 3.8) is 0 Å². The highest BCUT2D eigenvalue weighted by Gasteiger charge is 2.26. The van der Waals surface area contributed by atoms with Crippen molar-refractivity contribution in [3.05, 3.63) is 0 Å². The fraction of sp³-hybridized carbons (Fsp3) is 0.938. The molecule has 124 valence electrons. The lowest BCUT2D eigenvalue weighted by atomic mass is 9.97. The predicted molar refractivity (Wildman–Crippen MR) is 84.5 cm³/mol. The Bertz CT molecular complexity index is 294. The number of nitrogens with zero attached hydrogens (tertiary/aromatic N) is 1. The van der Waals surface area contributed by atoms with Gasteiger partial charge in [-0.15, -0.1) is 0 Å². The number of hydrogen-bond donors (Lipinski definition) is 1. The number of likely N-dealkylation sites (tertiary alicyclic amines) is 1. The van der Waals surface area contributed by atoms with E-state index in [0.717, 1.165) is 58.7 Å². The summed E-state index contributed by atoms with van der Waals surface area (Å²) in [6, 6.07) is 0. The summed E-state index contributed by atoms with van der Waals surface area (Å²) in [6.07, 6.45) is 2.99. The van der Waals surface area contributed by atoms with E-state index in [1.54, 1.807) is 0 Å². The van der Waals surface area contributed by atoms with Gasteiger partial charge in [-0.2, -0.15) is 0 Å². The Labute approximate surface area is 129 Å². The molecule has 21 heavy (non-hydrogen) atoms. The average Bonchev–Trinajstić information content (AvgIpc) is 2.41. The lowest BCUT2D eigenvalue weighted by molar-refractivity contribution is 0.0184. The standard InChI is InChI=1S/C16H32N2O3/c1-5-20-12-6-9-17-13-14-7-10-18(11-8-14)15(19)21-16(2,3)4/h14,17H,5-13H2,1-4H3. The number of carbonyl (C=O) groups excluding carboxylic acids is 1. The van der Waals surface area contributed by atoms with Crippen LogP contribution < -0.4 is 5.32 Å². The van der Waals surface area contributed by atoms with Gasteiger partial charge in [0.25, 0.3) is 0 Å². The van der Waals surface area contributed by atoms with E-state index in [9.17, 15) is 4.79 Å².